The van der Waals surface area contributed by atoms with Crippen molar-refractivity contribution in [2.45, 2.75) is 49.1 Å². The van der Waals surface area contributed by atoms with Gasteiger partial charge in [0.1, 0.15) is 4.70 Å². The lowest BCUT2D eigenvalue weighted by Gasteiger charge is -2.35. The van der Waals surface area contributed by atoms with Crippen LogP contribution in [-0.2, 0) is 10.5 Å². The molecule has 0 unspecified atom stereocenters. The predicted octanol–water partition coefficient (Wildman–Crippen LogP) is 3.93. The fourth-order valence-electron chi connectivity index (χ4n) is 4.21. The first-order valence-electron chi connectivity index (χ1n) is 11.9. The van der Waals surface area contributed by atoms with Crippen molar-refractivity contribution >= 4 is 44.4 Å². The van der Waals surface area contributed by atoms with E-state index in [9.17, 15) is 5.11 Å². The van der Waals surface area contributed by atoms with Gasteiger partial charge in [-0.15, -0.1) is 0 Å². The molecule has 0 radical (unpaired) electrons. The van der Waals surface area contributed by atoms with Crippen LogP contribution in [0.25, 0.3) is 10.3 Å². The van der Waals surface area contributed by atoms with Crippen LogP contribution in [-0.4, -0.2) is 70.7 Å². The first-order valence-corrected chi connectivity index (χ1v) is 13.7. The molecule has 0 amide bonds. The Morgan fingerprint density at radius 2 is 1.85 bits per heavy atom. The second-order valence-electron chi connectivity index (χ2n) is 8.25. The highest BCUT2D eigenvalue weighted by Gasteiger charge is 2.26. The van der Waals surface area contributed by atoms with E-state index in [0.717, 1.165) is 34.2 Å². The summed E-state index contributed by atoms with van der Waals surface area (Å²) < 4.78 is 6.29. The standard InChI is InChI=1S/C24H33N5O3S2/c30-13-12-29(19-9-5-2-6-10-19)22-20-21(26-23(34-20)25-11-15-32-16-14-31)27-24(28-22)33-17-18-7-3-1-4-8-18/h1,3-4,7-8,19,30-31H,2,5-6,9-17H2,(H,25,26,27,28). The van der Waals surface area contributed by atoms with Gasteiger partial charge in [-0.25, -0.2) is 9.97 Å². The fraction of sp³-hybridized carbons (Fsp3) is 0.542. The highest BCUT2D eigenvalue weighted by molar-refractivity contribution is 7.98. The molecule has 184 valence electrons. The Hall–Kier alpha value is -1.98. The number of fused-ring (bicyclic) bond motifs is 1. The number of aliphatic hydroxyl groups excluding tert-OH is 2. The van der Waals surface area contributed by atoms with Gasteiger partial charge >= 0.3 is 0 Å². The topological polar surface area (TPSA) is 104 Å². The number of hydrogen-bond donors (Lipinski definition) is 3. The van der Waals surface area contributed by atoms with Gasteiger partial charge in [-0.3, -0.25) is 0 Å². The van der Waals surface area contributed by atoms with Crippen LogP contribution in [0.1, 0.15) is 37.7 Å². The largest absolute Gasteiger partial charge is 0.395 e. The van der Waals surface area contributed by atoms with Gasteiger partial charge in [0, 0.05) is 24.9 Å². The Morgan fingerprint density at radius 1 is 1.03 bits per heavy atom. The highest BCUT2D eigenvalue weighted by Crippen LogP contribution is 2.37. The van der Waals surface area contributed by atoms with Crippen LogP contribution in [0.3, 0.4) is 0 Å². The summed E-state index contributed by atoms with van der Waals surface area (Å²) >= 11 is 3.15. The average molecular weight is 504 g/mol. The van der Waals surface area contributed by atoms with Crippen LogP contribution in [0.4, 0.5) is 10.9 Å². The Morgan fingerprint density at radius 3 is 2.62 bits per heavy atom. The summed E-state index contributed by atoms with van der Waals surface area (Å²) in [5, 5.41) is 23.5. The minimum absolute atomic E-state index is 0.0192. The van der Waals surface area contributed by atoms with E-state index in [-0.39, 0.29) is 13.2 Å². The third-order valence-electron chi connectivity index (χ3n) is 5.81. The lowest BCUT2D eigenvalue weighted by Crippen LogP contribution is -2.39. The van der Waals surface area contributed by atoms with E-state index < -0.39 is 0 Å². The minimum atomic E-state index is 0.0192. The molecule has 1 aliphatic rings. The molecule has 1 aliphatic carbocycles. The maximum atomic E-state index is 9.87. The Balaban J connectivity index is 1.61. The van der Waals surface area contributed by atoms with Crippen LogP contribution in [0.15, 0.2) is 35.5 Å². The number of thioether (sulfide) groups is 1. The van der Waals surface area contributed by atoms with Crippen molar-refractivity contribution in [3.8, 4) is 0 Å². The average Bonchev–Trinajstić information content (AvgIpc) is 3.29. The number of rotatable bonds is 13. The molecule has 0 aliphatic heterocycles. The molecule has 3 N–H and O–H groups in total. The molecule has 4 rings (SSSR count). The summed E-state index contributed by atoms with van der Waals surface area (Å²) in [4.78, 5) is 16.8. The zero-order chi connectivity index (χ0) is 23.6. The molecule has 0 spiro atoms. The smallest absolute Gasteiger partial charge is 0.191 e. The number of ether oxygens (including phenoxy) is 1. The van der Waals surface area contributed by atoms with Crippen LogP contribution in [0, 0.1) is 0 Å². The van der Waals surface area contributed by atoms with E-state index in [1.54, 1.807) is 23.1 Å². The fourth-order valence-corrected chi connectivity index (χ4v) is 5.93. The number of benzene rings is 1. The first kappa shape index (κ1) is 25.1. The van der Waals surface area contributed by atoms with Gasteiger partial charge in [0.15, 0.2) is 21.8 Å². The Bertz CT molecular complexity index is 1010. The van der Waals surface area contributed by atoms with E-state index in [0.29, 0.717) is 43.1 Å². The van der Waals surface area contributed by atoms with Gasteiger partial charge in [-0.1, -0.05) is 72.7 Å². The molecule has 2 aromatic heterocycles. The lowest BCUT2D eigenvalue weighted by molar-refractivity contribution is 0.0992. The second-order valence-corrected chi connectivity index (χ2v) is 10.2. The molecule has 0 atom stereocenters. The monoisotopic (exact) mass is 503 g/mol. The number of hydrogen-bond acceptors (Lipinski definition) is 10. The molecule has 1 saturated carbocycles. The molecule has 34 heavy (non-hydrogen) atoms. The molecule has 1 aromatic carbocycles. The van der Waals surface area contributed by atoms with Crippen molar-refractivity contribution in [1.29, 1.82) is 0 Å². The summed E-state index contributed by atoms with van der Waals surface area (Å²) in [5.74, 6) is 1.66. The summed E-state index contributed by atoms with van der Waals surface area (Å²) in [7, 11) is 0. The molecule has 10 heteroatoms. The van der Waals surface area contributed by atoms with Crippen molar-refractivity contribution in [1.82, 2.24) is 15.0 Å². The maximum Gasteiger partial charge on any atom is 0.191 e. The van der Waals surface area contributed by atoms with Crippen molar-refractivity contribution in [2.24, 2.45) is 0 Å². The summed E-state index contributed by atoms with van der Waals surface area (Å²) in [6.07, 6.45) is 5.92. The van der Waals surface area contributed by atoms with Crippen LogP contribution < -0.4 is 10.2 Å². The number of aliphatic hydroxyl groups is 2. The molecular formula is C24H33N5O3S2. The Labute approximate surface area is 208 Å². The van der Waals surface area contributed by atoms with Gasteiger partial charge in [-0.05, 0) is 18.4 Å². The van der Waals surface area contributed by atoms with Crippen molar-refractivity contribution in [2.75, 3.05) is 49.7 Å². The number of anilines is 2. The van der Waals surface area contributed by atoms with Crippen molar-refractivity contribution < 1.29 is 14.9 Å². The lowest BCUT2D eigenvalue weighted by atomic mass is 9.94. The molecule has 0 saturated heterocycles. The summed E-state index contributed by atoms with van der Waals surface area (Å²) in [6, 6.07) is 10.7. The van der Waals surface area contributed by atoms with Gasteiger partial charge in [0.05, 0.1) is 26.4 Å². The van der Waals surface area contributed by atoms with E-state index >= 15 is 0 Å². The molecular weight excluding hydrogens is 470 g/mol. The maximum absolute atomic E-state index is 9.87. The number of nitrogens with one attached hydrogen (secondary N) is 1. The van der Waals surface area contributed by atoms with E-state index in [1.165, 1.54) is 24.8 Å². The third-order valence-corrected chi connectivity index (χ3v) is 7.73. The number of aromatic nitrogens is 3. The van der Waals surface area contributed by atoms with Crippen LogP contribution in [0.2, 0.25) is 0 Å². The van der Waals surface area contributed by atoms with Gasteiger partial charge in [-0.2, -0.15) is 4.98 Å². The zero-order valence-electron chi connectivity index (χ0n) is 19.4. The number of nitrogens with zero attached hydrogens (tertiary/aromatic N) is 4. The summed E-state index contributed by atoms with van der Waals surface area (Å²) in [6.45, 7) is 2.07. The van der Waals surface area contributed by atoms with E-state index in [1.807, 2.05) is 18.2 Å². The van der Waals surface area contributed by atoms with E-state index in [2.05, 4.69) is 22.3 Å². The van der Waals surface area contributed by atoms with Crippen LogP contribution >= 0.6 is 23.1 Å². The highest BCUT2D eigenvalue weighted by atomic mass is 32.2. The Kier molecular flexibility index (Phi) is 9.75. The number of thiazole rings is 1. The predicted molar refractivity (Wildman–Crippen MR) is 139 cm³/mol. The molecule has 1 fully saturated rings. The first-order chi connectivity index (χ1) is 16.8. The zero-order valence-corrected chi connectivity index (χ0v) is 21.0. The molecule has 8 nitrogen and oxygen atoms in total. The third kappa shape index (κ3) is 6.79. The van der Waals surface area contributed by atoms with Crippen molar-refractivity contribution in [3.63, 3.8) is 0 Å². The summed E-state index contributed by atoms with van der Waals surface area (Å²) in [5.41, 5.74) is 1.91. The molecule has 2 heterocycles. The van der Waals surface area contributed by atoms with Crippen LogP contribution in [0.5, 0.6) is 0 Å². The van der Waals surface area contributed by atoms with E-state index in [4.69, 9.17) is 24.8 Å². The second kappa shape index (κ2) is 13.2. The SMILES string of the molecule is OCCOCCNc1nc2nc(SCc3ccccc3)nc(N(CCO)C3CCCCC3)c2s1. The molecule has 0 bridgehead atoms. The van der Waals surface area contributed by atoms with Gasteiger partial charge in [0.2, 0.25) is 0 Å². The quantitative estimate of drug-likeness (QED) is 0.182. The van der Waals surface area contributed by atoms with Gasteiger partial charge < -0.3 is 25.2 Å². The van der Waals surface area contributed by atoms with Gasteiger partial charge in [0.25, 0.3) is 0 Å². The molecule has 3 aromatic rings. The normalized spacial score (nSPS) is 14.5. The van der Waals surface area contributed by atoms with Crippen molar-refractivity contribution in [3.05, 3.63) is 35.9 Å². The minimum Gasteiger partial charge on any atom is -0.395 e.